The predicted molar refractivity (Wildman–Crippen MR) is 74.6 cm³/mol. The Morgan fingerprint density at radius 2 is 1.56 bits per heavy atom. The Kier molecular flexibility index (Phi) is 3.91. The third-order valence-corrected chi connectivity index (χ3v) is 3.81. The van der Waals surface area contributed by atoms with Crippen molar-refractivity contribution in [2.75, 3.05) is 5.73 Å². The first-order valence-corrected chi connectivity index (χ1v) is 6.75. The molecule has 2 N–H and O–H groups in total. The van der Waals surface area contributed by atoms with Crippen LogP contribution in [0.15, 0.2) is 57.9 Å². The van der Waals surface area contributed by atoms with Gasteiger partial charge >= 0.3 is 0 Å². The Labute approximate surface area is 108 Å². The van der Waals surface area contributed by atoms with Crippen LogP contribution in [0.1, 0.15) is 5.56 Å². The number of nitrogen functional groups attached to an aromatic ring is 1. The fourth-order valence-electron chi connectivity index (χ4n) is 1.31. The Balaban J connectivity index is 1.97. The average molecular weight is 294 g/mol. The molecule has 0 fully saturated rings. The van der Waals surface area contributed by atoms with E-state index in [0.717, 1.165) is 15.9 Å². The molecule has 0 radical (unpaired) electrons. The van der Waals surface area contributed by atoms with E-state index in [9.17, 15) is 0 Å². The lowest BCUT2D eigenvalue weighted by molar-refractivity contribution is 1.38. The van der Waals surface area contributed by atoms with Crippen molar-refractivity contribution in [3.8, 4) is 0 Å². The second kappa shape index (κ2) is 5.41. The minimum absolute atomic E-state index is 0.813. The highest BCUT2D eigenvalue weighted by Gasteiger charge is 1.96. The molecule has 0 aliphatic carbocycles. The molecule has 0 saturated heterocycles. The molecule has 0 aromatic heterocycles. The minimum Gasteiger partial charge on any atom is -0.399 e. The van der Waals surface area contributed by atoms with E-state index in [1.807, 2.05) is 23.9 Å². The zero-order valence-electron chi connectivity index (χ0n) is 8.69. The van der Waals surface area contributed by atoms with Crippen LogP contribution < -0.4 is 5.73 Å². The summed E-state index contributed by atoms with van der Waals surface area (Å²) in [6, 6.07) is 16.4. The molecule has 0 aliphatic rings. The summed E-state index contributed by atoms with van der Waals surface area (Å²) in [7, 11) is 0. The lowest BCUT2D eigenvalue weighted by Crippen LogP contribution is -1.83. The third-order valence-electron chi connectivity index (χ3n) is 2.20. The number of hydrogen-bond donors (Lipinski definition) is 1. The van der Waals surface area contributed by atoms with Gasteiger partial charge in [0.05, 0.1) is 0 Å². The molecule has 0 bridgehead atoms. The number of benzene rings is 2. The summed E-state index contributed by atoms with van der Waals surface area (Å²) in [5.74, 6) is 0.983. The monoisotopic (exact) mass is 293 g/mol. The summed E-state index contributed by atoms with van der Waals surface area (Å²) >= 11 is 5.25. The van der Waals surface area contributed by atoms with Gasteiger partial charge in [0.15, 0.2) is 0 Å². The summed E-state index contributed by atoms with van der Waals surface area (Å²) < 4.78 is 1.12. The first-order chi connectivity index (χ1) is 7.74. The van der Waals surface area contributed by atoms with Gasteiger partial charge in [-0.1, -0.05) is 28.1 Å². The fraction of sp³-hybridized carbons (Fsp3) is 0.0769. The molecular weight excluding hydrogens is 282 g/mol. The van der Waals surface area contributed by atoms with Crippen molar-refractivity contribution in [2.45, 2.75) is 10.6 Å². The molecule has 0 heterocycles. The van der Waals surface area contributed by atoms with E-state index in [1.54, 1.807) is 0 Å². The third kappa shape index (κ3) is 3.29. The summed E-state index contributed by atoms with van der Waals surface area (Å²) in [5, 5.41) is 0. The Morgan fingerprint density at radius 3 is 2.19 bits per heavy atom. The van der Waals surface area contributed by atoms with Crippen molar-refractivity contribution in [2.24, 2.45) is 0 Å². The molecule has 2 rings (SSSR count). The molecule has 82 valence electrons. The van der Waals surface area contributed by atoms with Crippen molar-refractivity contribution in [3.63, 3.8) is 0 Å². The van der Waals surface area contributed by atoms with Crippen molar-refractivity contribution < 1.29 is 0 Å². The standard InChI is InChI=1S/C13H12BrNS/c14-11-3-1-10(2-4-11)9-16-13-7-5-12(15)6-8-13/h1-8H,9,15H2. The topological polar surface area (TPSA) is 26.0 Å². The second-order valence-electron chi connectivity index (χ2n) is 3.48. The number of nitrogens with two attached hydrogens (primary N) is 1. The van der Waals surface area contributed by atoms with Gasteiger partial charge in [-0.15, -0.1) is 11.8 Å². The number of anilines is 1. The molecule has 2 aromatic rings. The summed E-state index contributed by atoms with van der Waals surface area (Å²) in [6.07, 6.45) is 0. The average Bonchev–Trinajstić information content (AvgIpc) is 2.30. The van der Waals surface area contributed by atoms with E-state index in [2.05, 4.69) is 52.3 Å². The van der Waals surface area contributed by atoms with Crippen LogP contribution in [0.5, 0.6) is 0 Å². The van der Waals surface area contributed by atoms with E-state index in [0.29, 0.717) is 0 Å². The van der Waals surface area contributed by atoms with Gasteiger partial charge in [0.2, 0.25) is 0 Å². The van der Waals surface area contributed by atoms with E-state index in [1.165, 1.54) is 10.5 Å². The molecule has 3 heteroatoms. The summed E-state index contributed by atoms with van der Waals surface area (Å²) in [6.45, 7) is 0. The van der Waals surface area contributed by atoms with Crippen LogP contribution >= 0.6 is 27.7 Å². The first kappa shape index (κ1) is 11.6. The van der Waals surface area contributed by atoms with Gasteiger partial charge in [-0.2, -0.15) is 0 Å². The zero-order chi connectivity index (χ0) is 11.4. The Hall–Kier alpha value is -0.930. The number of thioether (sulfide) groups is 1. The Bertz CT molecular complexity index is 405. The SMILES string of the molecule is Nc1ccc(SCc2ccc(Br)cc2)cc1. The molecule has 0 unspecified atom stereocenters. The highest BCUT2D eigenvalue weighted by Crippen LogP contribution is 2.24. The summed E-state index contributed by atoms with van der Waals surface area (Å²) in [5.41, 5.74) is 7.77. The van der Waals surface area contributed by atoms with E-state index >= 15 is 0 Å². The molecule has 0 spiro atoms. The van der Waals surface area contributed by atoms with Gasteiger partial charge < -0.3 is 5.73 Å². The van der Waals surface area contributed by atoms with Gasteiger partial charge in [0, 0.05) is 20.8 Å². The van der Waals surface area contributed by atoms with E-state index < -0.39 is 0 Å². The van der Waals surface area contributed by atoms with Crippen molar-refractivity contribution in [3.05, 3.63) is 58.6 Å². The van der Waals surface area contributed by atoms with E-state index in [-0.39, 0.29) is 0 Å². The van der Waals surface area contributed by atoms with Crippen LogP contribution in [0.25, 0.3) is 0 Å². The van der Waals surface area contributed by atoms with Gasteiger partial charge in [-0.3, -0.25) is 0 Å². The molecule has 0 saturated carbocycles. The smallest absolute Gasteiger partial charge is 0.0314 e. The predicted octanol–water partition coefficient (Wildman–Crippen LogP) is 4.32. The normalized spacial score (nSPS) is 10.3. The Morgan fingerprint density at radius 1 is 0.938 bits per heavy atom. The summed E-state index contributed by atoms with van der Waals surface area (Å²) in [4.78, 5) is 1.25. The molecule has 1 nitrogen and oxygen atoms in total. The van der Waals surface area contributed by atoms with Crippen LogP contribution in [-0.4, -0.2) is 0 Å². The number of hydrogen-bond acceptors (Lipinski definition) is 2. The van der Waals surface area contributed by atoms with Gasteiger partial charge in [-0.05, 0) is 42.0 Å². The van der Waals surface area contributed by atoms with Crippen LogP contribution in [-0.2, 0) is 5.75 Å². The molecule has 16 heavy (non-hydrogen) atoms. The quantitative estimate of drug-likeness (QED) is 0.674. The fourth-order valence-corrected chi connectivity index (χ4v) is 2.43. The second-order valence-corrected chi connectivity index (χ2v) is 5.45. The van der Waals surface area contributed by atoms with Crippen LogP contribution in [0, 0.1) is 0 Å². The van der Waals surface area contributed by atoms with Crippen LogP contribution in [0.3, 0.4) is 0 Å². The van der Waals surface area contributed by atoms with E-state index in [4.69, 9.17) is 5.73 Å². The van der Waals surface area contributed by atoms with Gasteiger partial charge in [-0.25, -0.2) is 0 Å². The number of rotatable bonds is 3. The molecule has 0 aliphatic heterocycles. The molecular formula is C13H12BrNS. The van der Waals surface area contributed by atoms with Gasteiger partial charge in [0.25, 0.3) is 0 Å². The molecule has 0 atom stereocenters. The van der Waals surface area contributed by atoms with Gasteiger partial charge in [0.1, 0.15) is 0 Å². The van der Waals surface area contributed by atoms with Crippen molar-refractivity contribution in [1.29, 1.82) is 0 Å². The van der Waals surface area contributed by atoms with Crippen LogP contribution in [0.4, 0.5) is 5.69 Å². The maximum Gasteiger partial charge on any atom is 0.0314 e. The lowest BCUT2D eigenvalue weighted by atomic mass is 10.2. The largest absolute Gasteiger partial charge is 0.399 e. The minimum atomic E-state index is 0.813. The molecule has 2 aromatic carbocycles. The number of halogens is 1. The first-order valence-electron chi connectivity index (χ1n) is 4.97. The van der Waals surface area contributed by atoms with Crippen LogP contribution in [0.2, 0.25) is 0 Å². The lowest BCUT2D eigenvalue weighted by Gasteiger charge is -2.02. The maximum atomic E-state index is 5.64. The maximum absolute atomic E-state index is 5.64. The van der Waals surface area contributed by atoms with Crippen molar-refractivity contribution in [1.82, 2.24) is 0 Å². The highest BCUT2D eigenvalue weighted by atomic mass is 79.9. The van der Waals surface area contributed by atoms with Crippen molar-refractivity contribution >= 4 is 33.4 Å². The highest BCUT2D eigenvalue weighted by molar-refractivity contribution is 9.10. The zero-order valence-corrected chi connectivity index (χ0v) is 11.1. The molecule has 0 amide bonds.